The van der Waals surface area contributed by atoms with Crippen LogP contribution in [-0.4, -0.2) is 51.4 Å². The van der Waals surface area contributed by atoms with Crippen LogP contribution < -0.4 is 25.4 Å². The van der Waals surface area contributed by atoms with E-state index in [2.05, 4.69) is 32.5 Å². The summed E-state index contributed by atoms with van der Waals surface area (Å²) < 4.78 is 45.5. The van der Waals surface area contributed by atoms with Crippen LogP contribution >= 0.6 is 0 Å². The van der Waals surface area contributed by atoms with Crippen molar-refractivity contribution >= 4 is 40.2 Å². The first-order valence-electron chi connectivity index (χ1n) is 14.2. The normalized spacial score (nSPS) is 13.7. The van der Waals surface area contributed by atoms with E-state index in [4.69, 9.17) is 14.2 Å². The predicted molar refractivity (Wildman–Crippen MR) is 166 cm³/mol. The molecule has 0 atom stereocenters. The lowest BCUT2D eigenvalue weighted by Crippen LogP contribution is -2.44. The SMILES string of the molecule is C=CC(=O)Nc1cc(Nc2nccc(-c3cn(C(F)F)c4ccccc34)n2)c(OC)cc1OCC1(NC(=O)OC(C)(C)C)CC1. The summed E-state index contributed by atoms with van der Waals surface area (Å²) in [6.07, 6.45) is 4.84. The van der Waals surface area contributed by atoms with E-state index < -0.39 is 29.7 Å². The molecule has 2 amide bonds. The van der Waals surface area contributed by atoms with Crippen LogP contribution in [0, 0.1) is 0 Å². The molecular weight excluding hydrogens is 586 g/mol. The third kappa shape index (κ3) is 7.31. The summed E-state index contributed by atoms with van der Waals surface area (Å²) in [5.74, 6) is 0.319. The first-order chi connectivity index (χ1) is 21.4. The number of amides is 2. The van der Waals surface area contributed by atoms with Crippen LogP contribution in [0.4, 0.5) is 30.9 Å². The topological polar surface area (TPSA) is 129 Å². The van der Waals surface area contributed by atoms with Crippen LogP contribution in [-0.2, 0) is 9.53 Å². The monoisotopic (exact) mass is 620 g/mol. The minimum Gasteiger partial charge on any atom is -0.494 e. The van der Waals surface area contributed by atoms with Gasteiger partial charge in [0, 0.05) is 29.4 Å². The molecule has 0 unspecified atom stereocenters. The Morgan fingerprint density at radius 2 is 1.89 bits per heavy atom. The van der Waals surface area contributed by atoms with Gasteiger partial charge in [0.1, 0.15) is 23.7 Å². The van der Waals surface area contributed by atoms with Gasteiger partial charge in [-0.25, -0.2) is 14.8 Å². The molecule has 3 N–H and O–H groups in total. The largest absolute Gasteiger partial charge is 0.494 e. The van der Waals surface area contributed by atoms with E-state index in [1.165, 1.54) is 19.5 Å². The molecule has 1 aliphatic rings. The molecule has 11 nitrogen and oxygen atoms in total. The van der Waals surface area contributed by atoms with Crippen molar-refractivity contribution in [2.24, 2.45) is 0 Å². The van der Waals surface area contributed by atoms with Crippen LogP contribution in [0.15, 0.2) is 67.5 Å². The zero-order valence-corrected chi connectivity index (χ0v) is 25.3. The molecule has 0 saturated heterocycles. The fourth-order valence-corrected chi connectivity index (χ4v) is 4.68. The van der Waals surface area contributed by atoms with Crippen LogP contribution in [0.2, 0.25) is 0 Å². The van der Waals surface area contributed by atoms with Crippen molar-refractivity contribution in [1.29, 1.82) is 0 Å². The Morgan fingerprint density at radius 1 is 1.13 bits per heavy atom. The summed E-state index contributed by atoms with van der Waals surface area (Å²) in [4.78, 5) is 33.6. The number of nitrogens with one attached hydrogen (secondary N) is 3. The molecule has 0 aliphatic heterocycles. The highest BCUT2D eigenvalue weighted by Gasteiger charge is 2.46. The van der Waals surface area contributed by atoms with Gasteiger partial charge in [-0.2, -0.15) is 8.78 Å². The highest BCUT2D eigenvalue weighted by atomic mass is 19.3. The molecule has 2 heterocycles. The van der Waals surface area contributed by atoms with Gasteiger partial charge < -0.3 is 30.2 Å². The summed E-state index contributed by atoms with van der Waals surface area (Å²) >= 11 is 0. The number of ether oxygens (including phenoxy) is 3. The molecule has 2 aromatic carbocycles. The van der Waals surface area contributed by atoms with Crippen LogP contribution in [0.5, 0.6) is 11.5 Å². The van der Waals surface area contributed by atoms with E-state index >= 15 is 0 Å². The lowest BCUT2D eigenvalue weighted by molar-refractivity contribution is -0.111. The second-order valence-electron chi connectivity index (χ2n) is 11.6. The van der Waals surface area contributed by atoms with Crippen LogP contribution in [0.1, 0.15) is 40.2 Å². The number of alkyl halides is 2. The number of hydrogen-bond acceptors (Lipinski definition) is 8. The average molecular weight is 621 g/mol. The Balaban J connectivity index is 1.42. The Hall–Kier alpha value is -5.20. The molecule has 1 fully saturated rings. The lowest BCUT2D eigenvalue weighted by Gasteiger charge is -2.24. The third-order valence-electron chi connectivity index (χ3n) is 7.00. The number of para-hydroxylation sites is 1. The number of aromatic nitrogens is 3. The number of alkyl carbamates (subject to hydrolysis) is 1. The van der Waals surface area contributed by atoms with E-state index in [0.717, 1.165) is 10.6 Å². The maximum atomic E-state index is 13.7. The first kappa shape index (κ1) is 31.2. The number of nitrogens with zero attached hydrogens (tertiary/aromatic N) is 3. The number of fused-ring (bicyclic) bond motifs is 1. The maximum absolute atomic E-state index is 13.7. The summed E-state index contributed by atoms with van der Waals surface area (Å²) in [6, 6.07) is 11.7. The Kier molecular flexibility index (Phi) is 8.62. The van der Waals surface area contributed by atoms with Crippen molar-refractivity contribution in [1.82, 2.24) is 19.9 Å². The van der Waals surface area contributed by atoms with Gasteiger partial charge in [0.2, 0.25) is 11.9 Å². The number of benzene rings is 2. The highest BCUT2D eigenvalue weighted by molar-refractivity contribution is 6.00. The van der Waals surface area contributed by atoms with Gasteiger partial charge in [-0.3, -0.25) is 9.36 Å². The molecule has 13 heteroatoms. The molecule has 1 saturated carbocycles. The van der Waals surface area contributed by atoms with Gasteiger partial charge in [-0.05, 0) is 57.9 Å². The van der Waals surface area contributed by atoms with Gasteiger partial charge in [0.25, 0.3) is 0 Å². The quantitative estimate of drug-likeness (QED) is 0.156. The fraction of sp³-hybridized carbons (Fsp3) is 0.312. The molecule has 0 bridgehead atoms. The van der Waals surface area contributed by atoms with Gasteiger partial charge in [-0.15, -0.1) is 0 Å². The molecule has 0 radical (unpaired) electrons. The smallest absolute Gasteiger partial charge is 0.408 e. The Morgan fingerprint density at radius 3 is 2.56 bits per heavy atom. The summed E-state index contributed by atoms with van der Waals surface area (Å²) in [5.41, 5.74) is 0.761. The Labute approximate surface area is 258 Å². The number of carbonyl (C=O) groups is 2. The zero-order chi connectivity index (χ0) is 32.4. The molecule has 4 aromatic rings. The molecule has 236 valence electrons. The number of anilines is 3. The number of halogens is 2. The molecule has 1 aliphatic carbocycles. The summed E-state index contributed by atoms with van der Waals surface area (Å²) in [7, 11) is 1.47. The van der Waals surface area contributed by atoms with E-state index in [0.29, 0.717) is 57.9 Å². The molecular formula is C32H34F2N6O5. The third-order valence-corrected chi connectivity index (χ3v) is 7.00. The highest BCUT2D eigenvalue weighted by Crippen LogP contribution is 2.41. The van der Waals surface area contributed by atoms with Gasteiger partial charge in [0.05, 0.1) is 35.2 Å². The molecule has 2 aromatic heterocycles. The van der Waals surface area contributed by atoms with Crippen molar-refractivity contribution in [3.05, 3.63) is 67.5 Å². The van der Waals surface area contributed by atoms with Crippen molar-refractivity contribution < 1.29 is 32.6 Å². The van der Waals surface area contributed by atoms with Gasteiger partial charge >= 0.3 is 12.6 Å². The van der Waals surface area contributed by atoms with Crippen molar-refractivity contribution in [3.63, 3.8) is 0 Å². The number of carbonyl (C=O) groups excluding carboxylic acids is 2. The van der Waals surface area contributed by atoms with Crippen molar-refractivity contribution in [2.75, 3.05) is 24.4 Å². The van der Waals surface area contributed by atoms with Gasteiger partial charge in [0.15, 0.2) is 0 Å². The van der Waals surface area contributed by atoms with E-state index in [1.54, 1.807) is 63.2 Å². The van der Waals surface area contributed by atoms with E-state index in [9.17, 15) is 18.4 Å². The van der Waals surface area contributed by atoms with E-state index in [-0.39, 0.29) is 12.6 Å². The maximum Gasteiger partial charge on any atom is 0.408 e. The summed E-state index contributed by atoms with van der Waals surface area (Å²) in [6.45, 7) is 6.27. The minimum absolute atomic E-state index is 0.122. The molecule has 45 heavy (non-hydrogen) atoms. The number of hydrogen-bond donors (Lipinski definition) is 3. The Bertz CT molecular complexity index is 1750. The van der Waals surface area contributed by atoms with Crippen molar-refractivity contribution in [2.45, 2.75) is 51.3 Å². The summed E-state index contributed by atoms with van der Waals surface area (Å²) in [5, 5.41) is 9.33. The average Bonchev–Trinajstić information content (AvgIpc) is 3.63. The lowest BCUT2D eigenvalue weighted by atomic mass is 10.1. The first-order valence-corrected chi connectivity index (χ1v) is 14.2. The van der Waals surface area contributed by atoms with Crippen LogP contribution in [0.25, 0.3) is 22.2 Å². The standard InChI is InChI=1S/C32H34F2N6O5/c1-6-27(41)36-23-15-22(25(43-5)16-26(23)44-18-32(12-13-32)39-30(42)45-31(2,3)4)38-29-35-14-11-21(37-29)20-17-40(28(33)34)24-10-8-7-9-19(20)24/h6-11,14-17,28H,1,12-13,18H2,2-5H3,(H,36,41)(H,39,42)(H,35,37,38). The molecule has 0 spiro atoms. The second-order valence-corrected chi connectivity index (χ2v) is 11.6. The second kappa shape index (κ2) is 12.4. The predicted octanol–water partition coefficient (Wildman–Crippen LogP) is 6.81. The fourth-order valence-electron chi connectivity index (χ4n) is 4.68. The van der Waals surface area contributed by atoms with Crippen LogP contribution in [0.3, 0.4) is 0 Å². The van der Waals surface area contributed by atoms with E-state index in [1.807, 2.05) is 0 Å². The molecule has 5 rings (SSSR count). The number of rotatable bonds is 11. The zero-order valence-electron chi connectivity index (χ0n) is 25.3. The van der Waals surface area contributed by atoms with Gasteiger partial charge in [-0.1, -0.05) is 24.8 Å². The minimum atomic E-state index is -2.72. The number of methoxy groups -OCH3 is 1. The van der Waals surface area contributed by atoms with Crippen molar-refractivity contribution in [3.8, 4) is 22.8 Å².